The van der Waals surface area contributed by atoms with Crippen molar-refractivity contribution in [1.29, 1.82) is 0 Å². The van der Waals surface area contributed by atoms with Gasteiger partial charge in [-0.1, -0.05) is 0 Å². The van der Waals surface area contributed by atoms with Crippen LogP contribution in [0.1, 0.15) is 20.3 Å². The lowest BCUT2D eigenvalue weighted by Gasteiger charge is -2.27. The molecule has 0 aromatic carbocycles. The Bertz CT molecular complexity index is 221. The number of nitrogens with two attached hydrogens (primary N) is 1. The third-order valence-electron chi connectivity index (χ3n) is 2.85. The molecule has 0 aromatic rings. The van der Waals surface area contributed by atoms with Crippen molar-refractivity contribution in [1.82, 2.24) is 4.90 Å². The van der Waals surface area contributed by atoms with E-state index in [2.05, 4.69) is 0 Å². The van der Waals surface area contributed by atoms with Gasteiger partial charge in [0, 0.05) is 26.7 Å². The maximum absolute atomic E-state index is 11.9. The van der Waals surface area contributed by atoms with Crippen molar-refractivity contribution in [2.45, 2.75) is 26.4 Å². The molecule has 1 rings (SSSR count). The first kappa shape index (κ1) is 14.7. The van der Waals surface area contributed by atoms with Crippen LogP contribution in [-0.4, -0.2) is 43.7 Å². The Hall–Kier alpha value is -0.320. The van der Waals surface area contributed by atoms with Gasteiger partial charge in [-0.05, 0) is 20.3 Å². The van der Waals surface area contributed by atoms with Crippen molar-refractivity contribution in [3.05, 3.63) is 0 Å². The van der Waals surface area contributed by atoms with E-state index in [0.717, 1.165) is 13.0 Å². The number of carbonyl (C=O) groups is 1. The summed E-state index contributed by atoms with van der Waals surface area (Å²) in [6.45, 7) is 5.66. The molecule has 0 spiro atoms. The molecular weight excluding hydrogens is 216 g/mol. The first-order chi connectivity index (χ1) is 6.51. The molecule has 0 bridgehead atoms. The fraction of sp³-hybridized carbons (Fsp3) is 0.900. The Kier molecular flexibility index (Phi) is 5.56. The van der Waals surface area contributed by atoms with Gasteiger partial charge in [-0.2, -0.15) is 0 Å². The molecule has 2 N–H and O–H groups in total. The number of hydrogen-bond acceptors (Lipinski definition) is 3. The second kappa shape index (κ2) is 5.68. The van der Waals surface area contributed by atoms with Crippen LogP contribution in [0.2, 0.25) is 0 Å². The zero-order chi connectivity index (χ0) is 10.8. The number of ether oxygens (including phenoxy) is 1. The van der Waals surface area contributed by atoms with E-state index in [1.165, 1.54) is 0 Å². The molecule has 0 radical (unpaired) electrons. The average Bonchev–Trinajstić information content (AvgIpc) is 2.64. The van der Waals surface area contributed by atoms with Crippen molar-refractivity contribution >= 4 is 18.3 Å². The summed E-state index contributed by atoms with van der Waals surface area (Å²) in [6.07, 6.45) is 1.13. The van der Waals surface area contributed by atoms with Crippen LogP contribution in [0.4, 0.5) is 0 Å². The van der Waals surface area contributed by atoms with Gasteiger partial charge in [0.1, 0.15) is 0 Å². The topological polar surface area (TPSA) is 55.6 Å². The third-order valence-corrected chi connectivity index (χ3v) is 2.85. The van der Waals surface area contributed by atoms with Crippen LogP contribution in [0.15, 0.2) is 0 Å². The van der Waals surface area contributed by atoms with Crippen LogP contribution >= 0.6 is 12.4 Å². The number of methoxy groups -OCH3 is 1. The van der Waals surface area contributed by atoms with Crippen LogP contribution in [-0.2, 0) is 9.53 Å². The summed E-state index contributed by atoms with van der Waals surface area (Å²) in [5.41, 5.74) is 5.12. The smallest absolute Gasteiger partial charge is 0.229 e. The zero-order valence-electron chi connectivity index (χ0n) is 9.66. The van der Waals surface area contributed by atoms with Crippen LogP contribution in [0, 0.1) is 5.41 Å². The van der Waals surface area contributed by atoms with Gasteiger partial charge < -0.3 is 15.4 Å². The molecule has 1 aliphatic rings. The van der Waals surface area contributed by atoms with Gasteiger partial charge in [0.2, 0.25) is 5.91 Å². The molecule has 0 saturated carbocycles. The Morgan fingerprint density at radius 1 is 1.60 bits per heavy atom. The molecule has 1 amide bonds. The van der Waals surface area contributed by atoms with Crippen molar-refractivity contribution in [3.63, 3.8) is 0 Å². The van der Waals surface area contributed by atoms with Gasteiger partial charge in [-0.15, -0.1) is 12.4 Å². The number of halogens is 1. The third kappa shape index (κ3) is 3.33. The first-order valence-corrected chi connectivity index (χ1v) is 5.03. The SMILES string of the molecule is CO[C@H]1CCN(C(=O)C(C)(C)CN)C1.Cl. The van der Waals surface area contributed by atoms with Crippen LogP contribution in [0.5, 0.6) is 0 Å². The minimum atomic E-state index is -0.442. The van der Waals surface area contributed by atoms with Gasteiger partial charge in [0.05, 0.1) is 11.5 Å². The van der Waals surface area contributed by atoms with E-state index < -0.39 is 5.41 Å². The van der Waals surface area contributed by atoms with E-state index in [4.69, 9.17) is 10.5 Å². The van der Waals surface area contributed by atoms with Crippen molar-refractivity contribution < 1.29 is 9.53 Å². The molecule has 1 heterocycles. The van der Waals surface area contributed by atoms with Gasteiger partial charge in [-0.25, -0.2) is 0 Å². The fourth-order valence-electron chi connectivity index (χ4n) is 1.62. The van der Waals surface area contributed by atoms with E-state index in [1.54, 1.807) is 7.11 Å². The van der Waals surface area contributed by atoms with E-state index in [9.17, 15) is 4.79 Å². The standard InChI is InChI=1S/C10H20N2O2.ClH/c1-10(2,7-11)9(13)12-5-4-8(6-12)14-3;/h8H,4-7,11H2,1-3H3;1H/t8-;/m0./s1. The van der Waals surface area contributed by atoms with Crippen molar-refractivity contribution in [2.75, 3.05) is 26.7 Å². The summed E-state index contributed by atoms with van der Waals surface area (Å²) in [5.74, 6) is 0.138. The molecule has 0 unspecified atom stereocenters. The molecule has 15 heavy (non-hydrogen) atoms. The Morgan fingerprint density at radius 3 is 2.60 bits per heavy atom. The number of nitrogens with zero attached hydrogens (tertiary/aromatic N) is 1. The minimum absolute atomic E-state index is 0. The lowest BCUT2D eigenvalue weighted by Crippen LogP contribution is -2.44. The molecule has 1 atom stereocenters. The predicted octanol–water partition coefficient (Wildman–Crippen LogP) is 0.640. The lowest BCUT2D eigenvalue weighted by molar-refractivity contribution is -0.139. The maximum atomic E-state index is 11.9. The van der Waals surface area contributed by atoms with E-state index in [-0.39, 0.29) is 24.4 Å². The molecule has 1 saturated heterocycles. The number of hydrogen-bond donors (Lipinski definition) is 1. The molecule has 0 aromatic heterocycles. The second-order valence-corrected chi connectivity index (χ2v) is 4.49. The van der Waals surface area contributed by atoms with E-state index in [1.807, 2.05) is 18.7 Å². The highest BCUT2D eigenvalue weighted by Gasteiger charge is 2.34. The van der Waals surface area contributed by atoms with E-state index in [0.29, 0.717) is 13.1 Å². The Labute approximate surface area is 97.5 Å². The van der Waals surface area contributed by atoms with Crippen LogP contribution in [0.3, 0.4) is 0 Å². The Balaban J connectivity index is 0.00000196. The minimum Gasteiger partial charge on any atom is -0.380 e. The number of carbonyl (C=O) groups excluding carboxylic acids is 1. The molecule has 4 nitrogen and oxygen atoms in total. The van der Waals surface area contributed by atoms with Gasteiger partial charge in [-0.3, -0.25) is 4.79 Å². The largest absolute Gasteiger partial charge is 0.380 e. The molecule has 1 aliphatic heterocycles. The van der Waals surface area contributed by atoms with Gasteiger partial charge in [0.15, 0.2) is 0 Å². The highest BCUT2D eigenvalue weighted by Crippen LogP contribution is 2.21. The highest BCUT2D eigenvalue weighted by atomic mass is 35.5. The summed E-state index contributed by atoms with van der Waals surface area (Å²) < 4.78 is 5.21. The number of likely N-dealkylation sites (tertiary alicyclic amines) is 1. The van der Waals surface area contributed by atoms with Gasteiger partial charge >= 0.3 is 0 Å². The fourth-order valence-corrected chi connectivity index (χ4v) is 1.62. The molecule has 5 heteroatoms. The lowest BCUT2D eigenvalue weighted by atomic mass is 9.92. The summed E-state index contributed by atoms with van der Waals surface area (Å²) in [6, 6.07) is 0. The Morgan fingerprint density at radius 2 is 2.20 bits per heavy atom. The van der Waals surface area contributed by atoms with Crippen molar-refractivity contribution in [3.8, 4) is 0 Å². The van der Waals surface area contributed by atoms with E-state index >= 15 is 0 Å². The molecule has 0 aliphatic carbocycles. The summed E-state index contributed by atoms with van der Waals surface area (Å²) >= 11 is 0. The summed E-state index contributed by atoms with van der Waals surface area (Å²) in [4.78, 5) is 13.8. The molecular formula is C10H21ClN2O2. The monoisotopic (exact) mass is 236 g/mol. The predicted molar refractivity (Wildman–Crippen MR) is 62.1 cm³/mol. The number of rotatable bonds is 3. The first-order valence-electron chi connectivity index (χ1n) is 5.03. The van der Waals surface area contributed by atoms with Gasteiger partial charge in [0.25, 0.3) is 0 Å². The molecule has 90 valence electrons. The van der Waals surface area contributed by atoms with Crippen LogP contribution < -0.4 is 5.73 Å². The normalized spacial score (nSPS) is 21.3. The highest BCUT2D eigenvalue weighted by molar-refractivity contribution is 5.85. The quantitative estimate of drug-likeness (QED) is 0.783. The van der Waals surface area contributed by atoms with Crippen molar-refractivity contribution in [2.24, 2.45) is 11.1 Å². The molecule has 1 fully saturated rings. The second-order valence-electron chi connectivity index (χ2n) is 4.49. The number of amides is 1. The summed E-state index contributed by atoms with van der Waals surface area (Å²) in [5, 5.41) is 0. The van der Waals surface area contributed by atoms with Crippen LogP contribution in [0.25, 0.3) is 0 Å². The average molecular weight is 237 g/mol. The summed E-state index contributed by atoms with van der Waals surface area (Å²) in [7, 11) is 1.69. The maximum Gasteiger partial charge on any atom is 0.229 e. The zero-order valence-corrected chi connectivity index (χ0v) is 10.5.